The fourth-order valence-electron chi connectivity index (χ4n) is 4.76. The highest BCUT2D eigenvalue weighted by atomic mass is 35.5. The largest absolute Gasteiger partial charge is 0.491 e. The van der Waals surface area contributed by atoms with Gasteiger partial charge in [0.25, 0.3) is 0 Å². The van der Waals surface area contributed by atoms with Crippen LogP contribution in [0, 0.1) is 12.4 Å². The van der Waals surface area contributed by atoms with Crippen molar-refractivity contribution in [2.24, 2.45) is 0 Å². The van der Waals surface area contributed by atoms with E-state index in [1.165, 1.54) is 12.1 Å². The number of hydrogen-bond acceptors (Lipinski definition) is 4. The van der Waals surface area contributed by atoms with Gasteiger partial charge in [0.15, 0.2) is 5.69 Å². The number of halogens is 2. The second kappa shape index (κ2) is 11.1. The highest BCUT2D eigenvalue weighted by Gasteiger charge is 2.36. The monoisotopic (exact) mass is 493 g/mol. The Morgan fingerprint density at radius 2 is 1.83 bits per heavy atom. The van der Waals surface area contributed by atoms with Crippen molar-refractivity contribution in [2.45, 2.75) is 32.0 Å². The summed E-state index contributed by atoms with van der Waals surface area (Å²) in [6.07, 6.45) is 0. The summed E-state index contributed by atoms with van der Waals surface area (Å²) in [7, 11) is 0. The van der Waals surface area contributed by atoms with Crippen molar-refractivity contribution in [3.63, 3.8) is 0 Å². The molecule has 3 aromatic carbocycles. The van der Waals surface area contributed by atoms with E-state index in [1.807, 2.05) is 48.5 Å². The Morgan fingerprint density at radius 3 is 2.46 bits per heavy atom. The molecular weight excluding hydrogens is 465 g/mol. The SMILES string of the molecule is [C-]#[N+]c1ccc([C@@H](C)N2C[C@@H](c3ccc(F)cc3)N(c3ccc(OCCO)cc3Cl)C[C@H]2C)cc1. The average Bonchev–Trinajstić information content (AvgIpc) is 2.87. The van der Waals surface area contributed by atoms with Gasteiger partial charge in [0.2, 0.25) is 0 Å². The van der Waals surface area contributed by atoms with Crippen LogP contribution in [-0.2, 0) is 0 Å². The zero-order chi connectivity index (χ0) is 24.9. The summed E-state index contributed by atoms with van der Waals surface area (Å²) in [4.78, 5) is 8.22. The van der Waals surface area contributed by atoms with Gasteiger partial charge in [-0.3, -0.25) is 4.90 Å². The molecule has 35 heavy (non-hydrogen) atoms. The van der Waals surface area contributed by atoms with Crippen LogP contribution >= 0.6 is 11.6 Å². The van der Waals surface area contributed by atoms with E-state index < -0.39 is 0 Å². The van der Waals surface area contributed by atoms with Crippen LogP contribution in [0.2, 0.25) is 5.02 Å². The number of anilines is 1. The van der Waals surface area contributed by atoms with Gasteiger partial charge in [0.1, 0.15) is 18.2 Å². The number of aliphatic hydroxyl groups excluding tert-OH is 1. The molecule has 0 unspecified atom stereocenters. The van der Waals surface area contributed by atoms with E-state index in [-0.39, 0.29) is 37.2 Å². The van der Waals surface area contributed by atoms with Crippen LogP contribution in [0.5, 0.6) is 5.75 Å². The second-order valence-electron chi connectivity index (χ2n) is 8.83. The van der Waals surface area contributed by atoms with E-state index in [1.54, 1.807) is 6.07 Å². The normalized spacial score (nSPS) is 19.3. The molecule has 0 bridgehead atoms. The molecule has 1 aliphatic rings. The molecule has 0 saturated carbocycles. The minimum atomic E-state index is -0.266. The van der Waals surface area contributed by atoms with Crippen molar-refractivity contribution in [1.29, 1.82) is 0 Å². The van der Waals surface area contributed by atoms with Crippen LogP contribution in [0.4, 0.5) is 15.8 Å². The summed E-state index contributed by atoms with van der Waals surface area (Å²) in [5.74, 6) is 0.340. The predicted octanol–water partition coefficient (Wildman–Crippen LogP) is 6.41. The molecule has 7 heteroatoms. The van der Waals surface area contributed by atoms with E-state index in [4.69, 9.17) is 28.0 Å². The summed E-state index contributed by atoms with van der Waals surface area (Å²) < 4.78 is 19.3. The summed E-state index contributed by atoms with van der Waals surface area (Å²) in [6.45, 7) is 13.2. The first kappa shape index (κ1) is 25.0. The van der Waals surface area contributed by atoms with Gasteiger partial charge >= 0.3 is 0 Å². The summed E-state index contributed by atoms with van der Waals surface area (Å²) >= 11 is 6.71. The minimum absolute atomic E-state index is 0.0431. The molecule has 1 fully saturated rings. The van der Waals surface area contributed by atoms with Gasteiger partial charge in [-0.15, -0.1) is 0 Å². The highest BCUT2D eigenvalue weighted by molar-refractivity contribution is 6.33. The minimum Gasteiger partial charge on any atom is -0.491 e. The molecule has 1 aliphatic heterocycles. The van der Waals surface area contributed by atoms with Crippen LogP contribution in [0.1, 0.15) is 37.1 Å². The summed E-state index contributed by atoms with van der Waals surface area (Å²) in [5.41, 5.74) is 3.68. The number of nitrogens with zero attached hydrogens (tertiary/aromatic N) is 3. The highest BCUT2D eigenvalue weighted by Crippen LogP contribution is 2.40. The third kappa shape index (κ3) is 5.59. The molecular formula is C28H29ClFN3O2. The maximum atomic E-state index is 13.7. The standard InChI is InChI=1S/C28H29ClFN3O2/c1-19-17-33(27-13-12-25(16-26(27)29)35-15-14-34)28(22-4-8-23(30)9-5-22)18-32(19)20(2)21-6-10-24(31-3)11-7-21/h4-13,16,19-20,28,34H,14-15,17-18H2,1-2H3/t19-,20-,28+/m1/s1. The smallest absolute Gasteiger partial charge is 0.187 e. The zero-order valence-electron chi connectivity index (χ0n) is 19.9. The van der Waals surface area contributed by atoms with Crippen LogP contribution in [0.3, 0.4) is 0 Å². The van der Waals surface area contributed by atoms with Gasteiger partial charge in [-0.05, 0) is 49.2 Å². The van der Waals surface area contributed by atoms with E-state index in [9.17, 15) is 4.39 Å². The Bertz CT molecular complexity index is 1180. The lowest BCUT2D eigenvalue weighted by Gasteiger charge is -2.49. The lowest BCUT2D eigenvalue weighted by Crippen LogP contribution is -2.54. The van der Waals surface area contributed by atoms with Gasteiger partial charge < -0.3 is 14.7 Å². The van der Waals surface area contributed by atoms with E-state index in [2.05, 4.69) is 28.5 Å². The molecule has 0 spiro atoms. The topological polar surface area (TPSA) is 40.3 Å². The van der Waals surface area contributed by atoms with Crippen molar-refractivity contribution in [1.82, 2.24) is 4.90 Å². The predicted molar refractivity (Wildman–Crippen MR) is 138 cm³/mol. The molecule has 3 aromatic rings. The lowest BCUT2D eigenvalue weighted by molar-refractivity contribution is 0.115. The van der Waals surface area contributed by atoms with Crippen LogP contribution in [0.25, 0.3) is 4.85 Å². The van der Waals surface area contributed by atoms with E-state index in [0.717, 1.165) is 29.9 Å². The van der Waals surface area contributed by atoms with Gasteiger partial charge in [-0.2, -0.15) is 0 Å². The number of benzene rings is 3. The maximum absolute atomic E-state index is 13.7. The molecule has 1 saturated heterocycles. The summed E-state index contributed by atoms with van der Waals surface area (Å²) in [6, 6.07) is 20.3. The molecule has 0 amide bonds. The van der Waals surface area contributed by atoms with E-state index in [0.29, 0.717) is 16.5 Å². The Balaban J connectivity index is 1.66. The number of ether oxygens (including phenoxy) is 1. The molecule has 5 nitrogen and oxygen atoms in total. The first-order valence-corrected chi connectivity index (χ1v) is 12.1. The van der Waals surface area contributed by atoms with Gasteiger partial charge in [0, 0.05) is 31.2 Å². The molecule has 0 aromatic heterocycles. The van der Waals surface area contributed by atoms with E-state index >= 15 is 0 Å². The third-order valence-corrected chi connectivity index (χ3v) is 6.94. The van der Waals surface area contributed by atoms with Gasteiger partial charge in [-0.1, -0.05) is 48.0 Å². The average molecular weight is 494 g/mol. The van der Waals surface area contributed by atoms with Crippen molar-refractivity contribution < 1.29 is 14.2 Å². The third-order valence-electron chi connectivity index (χ3n) is 6.63. The van der Waals surface area contributed by atoms with Crippen molar-refractivity contribution in [3.8, 4) is 5.75 Å². The molecule has 0 aliphatic carbocycles. The fourth-order valence-corrected chi connectivity index (χ4v) is 5.04. The fraction of sp³-hybridized carbons (Fsp3) is 0.321. The number of rotatable bonds is 7. The van der Waals surface area contributed by atoms with Crippen LogP contribution < -0.4 is 9.64 Å². The second-order valence-corrected chi connectivity index (χ2v) is 9.24. The van der Waals surface area contributed by atoms with Crippen molar-refractivity contribution >= 4 is 23.0 Å². The van der Waals surface area contributed by atoms with Crippen molar-refractivity contribution in [2.75, 3.05) is 31.2 Å². The molecule has 182 valence electrons. The molecule has 1 N–H and O–H groups in total. The first-order valence-electron chi connectivity index (χ1n) is 11.7. The quantitative estimate of drug-likeness (QED) is 0.386. The zero-order valence-corrected chi connectivity index (χ0v) is 20.6. The number of aliphatic hydroxyl groups is 1. The van der Waals surface area contributed by atoms with Gasteiger partial charge in [0.05, 0.1) is 29.9 Å². The van der Waals surface area contributed by atoms with Crippen molar-refractivity contribution in [3.05, 3.63) is 100 Å². The Morgan fingerprint density at radius 1 is 1.11 bits per heavy atom. The molecule has 1 heterocycles. The maximum Gasteiger partial charge on any atom is 0.187 e. The Kier molecular flexibility index (Phi) is 7.92. The molecule has 3 atom stereocenters. The Labute approximate surface area is 211 Å². The lowest BCUT2D eigenvalue weighted by atomic mass is 9.95. The number of piperazine rings is 1. The Hall–Kier alpha value is -3.11. The summed E-state index contributed by atoms with van der Waals surface area (Å²) in [5, 5.41) is 9.60. The van der Waals surface area contributed by atoms with Crippen LogP contribution in [0.15, 0.2) is 66.7 Å². The molecule has 0 radical (unpaired) electrons. The number of hydrogen-bond donors (Lipinski definition) is 1. The molecule has 4 rings (SSSR count). The first-order chi connectivity index (χ1) is 16.9. The van der Waals surface area contributed by atoms with Gasteiger partial charge in [-0.25, -0.2) is 9.24 Å². The van der Waals surface area contributed by atoms with Crippen LogP contribution in [-0.4, -0.2) is 42.4 Å².